The van der Waals surface area contributed by atoms with Crippen LogP contribution in [0, 0.1) is 15.5 Å². The Morgan fingerprint density at radius 2 is 2.29 bits per heavy atom. The second-order valence-corrected chi connectivity index (χ2v) is 2.62. The molecule has 1 rings (SSSR count). The Balaban J connectivity index is 2.93. The van der Waals surface area contributed by atoms with Crippen LogP contribution in [0.1, 0.15) is 0 Å². The second kappa shape index (κ2) is 5.70. The largest absolute Gasteiger partial charge is 0.828 e. The van der Waals surface area contributed by atoms with Gasteiger partial charge in [0.2, 0.25) is 0 Å². The van der Waals surface area contributed by atoms with E-state index in [0.717, 1.165) is 6.07 Å². The van der Waals surface area contributed by atoms with Crippen LogP contribution >= 0.6 is 0 Å². The molecule has 88 valence electrons. The van der Waals surface area contributed by atoms with E-state index in [4.69, 9.17) is 5.39 Å². The van der Waals surface area contributed by atoms with Crippen LogP contribution in [0.2, 0.25) is 0 Å². The molecule has 0 aliphatic rings. The lowest BCUT2D eigenvalue weighted by molar-refractivity contribution is -0.384. The molecule has 1 aromatic carbocycles. The maximum Gasteiger partial charge on any atom is 0.437 e. The maximum atomic E-state index is 11.4. The third-order valence-electron chi connectivity index (χ3n) is 1.60. The van der Waals surface area contributed by atoms with Crippen molar-refractivity contribution in [3.05, 3.63) is 39.5 Å². The molecular weight excluding hydrogens is 238 g/mol. The third kappa shape index (κ3) is 3.35. The lowest BCUT2D eigenvalue weighted by atomic mass is 10.2. The molecule has 0 N–H and O–H groups in total. The van der Waals surface area contributed by atoms with Crippen LogP contribution in [0.4, 0.5) is 15.9 Å². The standard InChI is InChI=1S/C6H4BFN4O5/c8-16-7(13)17-11(10-9)5-2-1-3-6(4-5)12(14)15/h1-4H. The van der Waals surface area contributed by atoms with Gasteiger partial charge < -0.3 is 5.02 Å². The fourth-order valence-electron chi connectivity index (χ4n) is 0.957. The number of hydrogen-bond acceptors (Lipinski definition) is 7. The molecule has 1 aromatic rings. The van der Waals surface area contributed by atoms with Gasteiger partial charge in [-0.2, -0.15) is 0 Å². The zero-order chi connectivity index (χ0) is 12.8. The van der Waals surface area contributed by atoms with Gasteiger partial charge in [0.25, 0.3) is 11.1 Å². The minimum atomic E-state index is -2.58. The zero-order valence-electron chi connectivity index (χ0n) is 8.09. The van der Waals surface area contributed by atoms with Crippen LogP contribution in [0.15, 0.2) is 24.3 Å². The number of rotatable bonds is 5. The minimum absolute atomic E-state index is 0.153. The summed E-state index contributed by atoms with van der Waals surface area (Å²) in [6.45, 7) is 0. The smallest absolute Gasteiger partial charge is 0.437 e. The van der Waals surface area contributed by atoms with Gasteiger partial charge in [0.15, 0.2) is 5.69 Å². The monoisotopic (exact) mass is 242 g/mol. The topological polar surface area (TPSA) is 116 Å². The number of halogens is 1. The molecule has 0 amide bonds. The number of diazo groups is 1. The molecule has 0 bridgehead atoms. The lowest BCUT2D eigenvalue weighted by Crippen LogP contribution is -2.40. The number of nitrogens with zero attached hydrogens (tertiary/aromatic N) is 4. The van der Waals surface area contributed by atoms with Crippen LogP contribution in [-0.4, -0.2) is 12.2 Å². The highest BCUT2D eigenvalue weighted by atomic mass is 19.3. The van der Waals surface area contributed by atoms with Crippen LogP contribution in [0.5, 0.6) is 0 Å². The first kappa shape index (κ1) is 12.8. The van der Waals surface area contributed by atoms with Crippen LogP contribution in [-0.2, 0) is 9.61 Å². The van der Waals surface area contributed by atoms with Gasteiger partial charge in [-0.3, -0.25) is 14.9 Å². The molecule has 0 aliphatic heterocycles. The van der Waals surface area contributed by atoms with Gasteiger partial charge >= 0.3 is 12.4 Å². The Hall–Kier alpha value is -2.29. The average molecular weight is 242 g/mol. The van der Waals surface area contributed by atoms with E-state index in [1.54, 1.807) is 0 Å². The van der Waals surface area contributed by atoms with Gasteiger partial charge in [-0.1, -0.05) is 10.6 Å². The summed E-state index contributed by atoms with van der Waals surface area (Å²) in [7, 11) is -2.58. The molecule has 0 spiro atoms. The Morgan fingerprint density at radius 3 is 2.82 bits per heavy atom. The van der Waals surface area contributed by atoms with Crippen molar-refractivity contribution in [1.29, 1.82) is 5.39 Å². The zero-order valence-corrected chi connectivity index (χ0v) is 8.09. The predicted molar refractivity (Wildman–Crippen MR) is 49.7 cm³/mol. The molecule has 0 atom stereocenters. The first-order valence-electron chi connectivity index (χ1n) is 4.08. The van der Waals surface area contributed by atoms with Gasteiger partial charge in [0.1, 0.15) is 5.17 Å². The molecule has 0 unspecified atom stereocenters. The lowest BCUT2D eigenvalue weighted by Gasteiger charge is -2.11. The van der Waals surface area contributed by atoms with Crippen molar-refractivity contribution >= 4 is 18.7 Å². The summed E-state index contributed by atoms with van der Waals surface area (Å²) in [5.41, 5.74) is -0.483. The number of hydrogen-bond donors (Lipinski definition) is 0. The average Bonchev–Trinajstić information content (AvgIpc) is 2.35. The fraction of sp³-hybridized carbons (Fsp3) is 0. The highest BCUT2D eigenvalue weighted by Crippen LogP contribution is 2.21. The van der Waals surface area contributed by atoms with Gasteiger partial charge in [-0.05, 0) is 6.07 Å². The summed E-state index contributed by atoms with van der Waals surface area (Å²) in [4.78, 5) is 12.5. The van der Waals surface area contributed by atoms with E-state index in [1.165, 1.54) is 18.2 Å². The van der Waals surface area contributed by atoms with E-state index in [2.05, 4.69) is 14.7 Å². The number of non-ortho nitro benzene ring substituents is 1. The number of anilines is 1. The first-order valence-corrected chi connectivity index (χ1v) is 4.08. The van der Waals surface area contributed by atoms with Crippen molar-refractivity contribution in [2.24, 2.45) is 0 Å². The van der Waals surface area contributed by atoms with Gasteiger partial charge in [0, 0.05) is 12.1 Å². The van der Waals surface area contributed by atoms with Crippen molar-refractivity contribution in [3.8, 4) is 0 Å². The summed E-state index contributed by atoms with van der Waals surface area (Å²) in [5, 5.41) is 32.1. The highest BCUT2D eigenvalue weighted by Gasteiger charge is 2.23. The Kier molecular flexibility index (Phi) is 4.29. The van der Waals surface area contributed by atoms with Crippen molar-refractivity contribution in [2.75, 3.05) is 5.17 Å². The first-order chi connectivity index (χ1) is 8.08. The molecule has 0 fully saturated rings. The van der Waals surface area contributed by atoms with E-state index < -0.39 is 12.2 Å². The van der Waals surface area contributed by atoms with Gasteiger partial charge in [-0.25, -0.2) is 4.86 Å². The fourth-order valence-corrected chi connectivity index (χ4v) is 0.957. The predicted octanol–water partition coefficient (Wildman–Crippen LogP) is 0.347. The van der Waals surface area contributed by atoms with Crippen molar-refractivity contribution in [1.82, 2.24) is 0 Å². The SMILES string of the molecule is N#[N+]N(OB([O-])OF)c1cccc([N+](=O)[O-])c1. The van der Waals surface area contributed by atoms with E-state index in [9.17, 15) is 19.7 Å². The summed E-state index contributed by atoms with van der Waals surface area (Å²) >= 11 is 0. The molecule has 0 saturated heterocycles. The number of benzene rings is 1. The van der Waals surface area contributed by atoms with Crippen LogP contribution in [0.3, 0.4) is 0 Å². The quantitative estimate of drug-likeness (QED) is 0.316. The van der Waals surface area contributed by atoms with Crippen molar-refractivity contribution < 1.29 is 24.1 Å². The second-order valence-electron chi connectivity index (χ2n) is 2.62. The molecule has 11 heteroatoms. The Morgan fingerprint density at radius 1 is 1.59 bits per heavy atom. The molecule has 0 aliphatic carbocycles. The number of nitro benzene ring substituents is 1. The summed E-state index contributed by atoms with van der Waals surface area (Å²) in [6.07, 6.45) is 0. The van der Waals surface area contributed by atoms with E-state index in [0.29, 0.717) is 0 Å². The molecule has 9 nitrogen and oxygen atoms in total. The molecule has 0 saturated carbocycles. The van der Waals surface area contributed by atoms with E-state index in [-0.39, 0.29) is 16.5 Å². The Labute approximate surface area is 93.7 Å². The third-order valence-corrected chi connectivity index (χ3v) is 1.60. The van der Waals surface area contributed by atoms with Crippen LogP contribution in [0.25, 0.3) is 5.08 Å². The summed E-state index contributed by atoms with van der Waals surface area (Å²) < 4.78 is 15.5. The molecule has 0 aromatic heterocycles. The van der Waals surface area contributed by atoms with Crippen molar-refractivity contribution in [3.63, 3.8) is 0 Å². The molecule has 0 radical (unpaired) electrons. The van der Waals surface area contributed by atoms with Gasteiger partial charge in [-0.15, -0.1) is 0 Å². The number of nitro groups is 1. The van der Waals surface area contributed by atoms with Crippen LogP contribution < -0.4 is 10.2 Å². The molecule has 17 heavy (non-hydrogen) atoms. The Bertz CT molecular complexity index is 454. The van der Waals surface area contributed by atoms with Gasteiger partial charge in [0.05, 0.1) is 4.92 Å². The maximum absolute atomic E-state index is 11.4. The summed E-state index contributed by atoms with van der Waals surface area (Å²) in [6, 6.07) is 4.60. The van der Waals surface area contributed by atoms with E-state index >= 15 is 0 Å². The molecule has 0 heterocycles. The summed E-state index contributed by atoms with van der Waals surface area (Å²) in [5.74, 6) is 0. The highest BCUT2D eigenvalue weighted by molar-refractivity contribution is 6.32. The van der Waals surface area contributed by atoms with E-state index in [1.807, 2.05) is 0 Å². The normalized spacial score (nSPS) is 9.47. The molecular formula is C6H4BFN4O5. The van der Waals surface area contributed by atoms with Crippen molar-refractivity contribution in [2.45, 2.75) is 0 Å². The minimum Gasteiger partial charge on any atom is -0.828 e.